The molecule has 6 heteroatoms. The molecule has 2 aliphatic rings. The van der Waals surface area contributed by atoms with Crippen molar-refractivity contribution in [1.29, 1.82) is 0 Å². The first-order chi connectivity index (χ1) is 12.7. The van der Waals surface area contributed by atoms with E-state index in [1.165, 1.54) is 11.3 Å². The van der Waals surface area contributed by atoms with Gasteiger partial charge in [-0.2, -0.15) is 10.2 Å². The van der Waals surface area contributed by atoms with Crippen molar-refractivity contribution < 1.29 is 9.63 Å². The summed E-state index contributed by atoms with van der Waals surface area (Å²) in [7, 11) is 1.69. The van der Waals surface area contributed by atoms with Gasteiger partial charge in [0.1, 0.15) is 0 Å². The third kappa shape index (κ3) is 3.15. The van der Waals surface area contributed by atoms with Crippen molar-refractivity contribution >= 4 is 5.91 Å². The average Bonchev–Trinajstić information content (AvgIpc) is 3.25. The number of benzene rings is 1. The van der Waals surface area contributed by atoms with Crippen LogP contribution in [0.2, 0.25) is 0 Å². The molecule has 1 fully saturated rings. The Morgan fingerprint density at radius 3 is 2.73 bits per heavy atom. The van der Waals surface area contributed by atoms with Crippen LogP contribution in [-0.4, -0.2) is 47.0 Å². The molecule has 1 aromatic carbocycles. The minimum atomic E-state index is -0.0358. The van der Waals surface area contributed by atoms with Gasteiger partial charge in [-0.1, -0.05) is 18.2 Å². The first-order valence-electron chi connectivity index (χ1n) is 9.44. The lowest BCUT2D eigenvalue weighted by molar-refractivity contribution is -0.144. The number of rotatable bonds is 4. The highest BCUT2D eigenvalue weighted by Crippen LogP contribution is 2.29. The summed E-state index contributed by atoms with van der Waals surface area (Å²) in [6, 6.07) is 8.40. The summed E-state index contributed by atoms with van der Waals surface area (Å²) in [4.78, 5) is 18.2. The van der Waals surface area contributed by atoms with Crippen molar-refractivity contribution in [1.82, 2.24) is 20.2 Å². The molecule has 138 valence electrons. The number of aryl methyl sites for hydroxylation is 1. The van der Waals surface area contributed by atoms with E-state index < -0.39 is 0 Å². The fraction of sp³-hybridized carbons (Fsp3) is 0.500. The summed E-state index contributed by atoms with van der Waals surface area (Å²) in [5, 5.41) is 9.86. The molecule has 0 radical (unpaired) electrons. The molecule has 0 atom stereocenters. The molecule has 0 saturated carbocycles. The molecule has 1 aliphatic carbocycles. The van der Waals surface area contributed by atoms with Crippen LogP contribution in [-0.2, 0) is 17.7 Å². The molecule has 2 heterocycles. The topological polar surface area (TPSA) is 59.4 Å². The first kappa shape index (κ1) is 17.2. The molecule has 2 aromatic rings. The lowest BCUT2D eigenvalue weighted by Gasteiger charge is -2.30. The van der Waals surface area contributed by atoms with Crippen LogP contribution in [0, 0.1) is 6.92 Å². The second kappa shape index (κ2) is 7.21. The maximum absolute atomic E-state index is 12.9. The van der Waals surface area contributed by atoms with Gasteiger partial charge < -0.3 is 10.2 Å². The van der Waals surface area contributed by atoms with Crippen molar-refractivity contribution in [3.05, 3.63) is 46.8 Å². The van der Waals surface area contributed by atoms with Crippen molar-refractivity contribution in [2.24, 2.45) is 0 Å². The van der Waals surface area contributed by atoms with Crippen LogP contribution < -0.4 is 5.32 Å². The Balaban J connectivity index is 1.57. The van der Waals surface area contributed by atoms with Gasteiger partial charge >= 0.3 is 0 Å². The van der Waals surface area contributed by atoms with Gasteiger partial charge in [0.25, 0.3) is 5.91 Å². The Morgan fingerprint density at radius 1 is 1.23 bits per heavy atom. The number of fused-ring (bicyclic) bond motifs is 1. The van der Waals surface area contributed by atoms with E-state index in [4.69, 9.17) is 9.94 Å². The van der Waals surface area contributed by atoms with E-state index in [-0.39, 0.29) is 11.9 Å². The van der Waals surface area contributed by atoms with E-state index in [0.717, 1.165) is 56.4 Å². The Labute approximate surface area is 154 Å². The number of nitrogens with one attached hydrogen (secondary N) is 1. The van der Waals surface area contributed by atoms with Crippen molar-refractivity contribution in [2.45, 2.75) is 45.1 Å². The molecular weight excluding hydrogens is 328 g/mol. The first-order valence-corrected chi connectivity index (χ1v) is 9.44. The zero-order valence-electron chi connectivity index (χ0n) is 15.5. The Hall–Kier alpha value is -2.18. The van der Waals surface area contributed by atoms with Crippen LogP contribution in [0.15, 0.2) is 24.3 Å². The molecule has 6 nitrogen and oxygen atoms in total. The third-order valence-corrected chi connectivity index (χ3v) is 5.54. The highest BCUT2D eigenvalue weighted by molar-refractivity contribution is 5.94. The summed E-state index contributed by atoms with van der Waals surface area (Å²) < 4.78 is 1.99. The fourth-order valence-electron chi connectivity index (χ4n) is 4.06. The van der Waals surface area contributed by atoms with Gasteiger partial charge in [0.05, 0.1) is 12.8 Å². The van der Waals surface area contributed by atoms with Crippen molar-refractivity contribution in [2.75, 3.05) is 20.2 Å². The van der Waals surface area contributed by atoms with E-state index in [1.54, 1.807) is 7.11 Å². The highest BCUT2D eigenvalue weighted by atomic mass is 16.7. The van der Waals surface area contributed by atoms with Gasteiger partial charge in [0, 0.05) is 30.4 Å². The molecule has 0 unspecified atom stereocenters. The van der Waals surface area contributed by atoms with Gasteiger partial charge in [-0.25, -0.2) is 4.68 Å². The highest BCUT2D eigenvalue weighted by Gasteiger charge is 2.29. The van der Waals surface area contributed by atoms with Crippen LogP contribution in [0.5, 0.6) is 0 Å². The minimum Gasteiger partial charge on any atom is -0.348 e. The van der Waals surface area contributed by atoms with Gasteiger partial charge in [-0.15, -0.1) is 0 Å². The summed E-state index contributed by atoms with van der Waals surface area (Å²) in [5.41, 5.74) is 5.16. The summed E-state index contributed by atoms with van der Waals surface area (Å²) in [6.07, 6.45) is 4.81. The number of carbonyl (C=O) groups excluding carboxylic acids is 1. The molecule has 1 aliphatic heterocycles. The average molecular weight is 354 g/mol. The number of para-hydroxylation sites is 1. The predicted octanol–water partition coefficient (Wildman–Crippen LogP) is 2.43. The third-order valence-electron chi connectivity index (χ3n) is 5.54. The van der Waals surface area contributed by atoms with E-state index >= 15 is 0 Å². The Morgan fingerprint density at radius 2 is 2.00 bits per heavy atom. The lowest BCUT2D eigenvalue weighted by Crippen LogP contribution is -2.44. The minimum absolute atomic E-state index is 0.0358. The number of hydroxylamine groups is 2. The van der Waals surface area contributed by atoms with Gasteiger partial charge in [0.2, 0.25) is 0 Å². The normalized spacial score (nSPS) is 18.1. The second-order valence-electron chi connectivity index (χ2n) is 7.19. The lowest BCUT2D eigenvalue weighted by atomic mass is 10.1. The van der Waals surface area contributed by atoms with E-state index in [9.17, 15) is 4.79 Å². The predicted molar refractivity (Wildman–Crippen MR) is 99.4 cm³/mol. The largest absolute Gasteiger partial charge is 0.348 e. The number of carbonyl (C=O) groups is 1. The molecular formula is C20H26N4O2. The molecule has 26 heavy (non-hydrogen) atoms. The van der Waals surface area contributed by atoms with Crippen LogP contribution in [0.4, 0.5) is 0 Å². The van der Waals surface area contributed by atoms with Gasteiger partial charge in [-0.05, 0) is 50.7 Å². The maximum Gasteiger partial charge on any atom is 0.272 e. The number of amides is 1. The zero-order valence-corrected chi connectivity index (χ0v) is 15.5. The summed E-state index contributed by atoms with van der Waals surface area (Å²) in [5.74, 6) is -0.0358. The molecule has 1 saturated heterocycles. The standard InChI is InChI=1S/C20H26N4O2/c1-14-6-3-4-8-17(14)24-18-9-5-7-16(18)19(22-24)20(25)21-15-10-12-23(26-2)13-11-15/h3-4,6,8,15H,5,7,9-13H2,1-2H3,(H,21,25). The number of aromatic nitrogens is 2. The Kier molecular flexibility index (Phi) is 4.78. The van der Waals surface area contributed by atoms with Gasteiger partial charge in [-0.3, -0.25) is 4.79 Å². The smallest absolute Gasteiger partial charge is 0.272 e. The van der Waals surface area contributed by atoms with Crippen LogP contribution in [0.25, 0.3) is 5.69 Å². The fourth-order valence-corrected chi connectivity index (χ4v) is 4.06. The zero-order chi connectivity index (χ0) is 18.1. The van der Waals surface area contributed by atoms with E-state index in [0.29, 0.717) is 5.69 Å². The molecule has 0 spiro atoms. The number of hydrogen-bond donors (Lipinski definition) is 1. The number of piperidine rings is 1. The molecule has 0 bridgehead atoms. The van der Waals surface area contributed by atoms with Crippen molar-refractivity contribution in [3.8, 4) is 5.69 Å². The van der Waals surface area contributed by atoms with Crippen molar-refractivity contribution in [3.63, 3.8) is 0 Å². The Bertz CT molecular complexity index is 806. The summed E-state index contributed by atoms with van der Waals surface area (Å²) in [6.45, 7) is 3.77. The number of nitrogens with zero attached hydrogens (tertiary/aromatic N) is 3. The monoisotopic (exact) mass is 354 g/mol. The molecule has 1 amide bonds. The van der Waals surface area contributed by atoms with Crippen LogP contribution >= 0.6 is 0 Å². The molecule has 4 rings (SSSR count). The maximum atomic E-state index is 12.9. The summed E-state index contributed by atoms with van der Waals surface area (Å²) >= 11 is 0. The van der Waals surface area contributed by atoms with Crippen LogP contribution in [0.3, 0.4) is 0 Å². The van der Waals surface area contributed by atoms with E-state index in [1.807, 2.05) is 21.9 Å². The van der Waals surface area contributed by atoms with Crippen LogP contribution in [0.1, 0.15) is 46.6 Å². The number of hydrogen-bond acceptors (Lipinski definition) is 4. The van der Waals surface area contributed by atoms with Gasteiger partial charge in [0.15, 0.2) is 5.69 Å². The van der Waals surface area contributed by atoms with E-state index in [2.05, 4.69) is 24.4 Å². The molecule has 1 N–H and O–H groups in total. The second-order valence-corrected chi connectivity index (χ2v) is 7.19. The SMILES string of the molecule is CON1CCC(NC(=O)c2nn(-c3ccccc3C)c3c2CCC3)CC1. The quantitative estimate of drug-likeness (QED) is 0.916. The molecule has 1 aromatic heterocycles.